The lowest BCUT2D eigenvalue weighted by Crippen LogP contribution is -2.33. The number of fused-ring (bicyclic) bond motifs is 1. The molecule has 0 saturated carbocycles. The number of rotatable bonds is 3. The van der Waals surface area contributed by atoms with E-state index in [2.05, 4.69) is 15.0 Å². The van der Waals surface area contributed by atoms with Crippen LogP contribution >= 0.6 is 0 Å². The Morgan fingerprint density at radius 2 is 2.38 bits per heavy atom. The normalized spacial score (nSPS) is 32.5. The topological polar surface area (TPSA) is 149 Å². The summed E-state index contributed by atoms with van der Waals surface area (Å²) < 4.78 is 40.5. The number of aliphatic hydroxyl groups is 3. The molecular formula is C11H17N5O5. The van der Waals surface area contributed by atoms with E-state index in [4.69, 9.17) is 20.7 Å². The monoisotopic (exact) mass is 303 g/mol. The lowest BCUT2D eigenvalue weighted by Gasteiger charge is -2.16. The first-order chi connectivity index (χ1) is 11.6. The average molecular weight is 303 g/mol. The third-order valence-electron chi connectivity index (χ3n) is 3.22. The van der Waals surface area contributed by atoms with E-state index in [1.807, 2.05) is 0 Å². The van der Waals surface area contributed by atoms with E-state index in [1.165, 1.54) is 0 Å². The molecule has 5 N–H and O–H groups in total. The molecule has 0 amide bonds. The second kappa shape index (κ2) is 5.07. The number of aromatic nitrogens is 4. The van der Waals surface area contributed by atoms with E-state index in [0.29, 0.717) is 0 Å². The molecule has 2 unspecified atom stereocenters. The number of nitrogens with two attached hydrogens (primary N) is 1. The van der Waals surface area contributed by atoms with Gasteiger partial charge in [-0.1, -0.05) is 0 Å². The minimum atomic E-state index is -2.83. The number of methoxy groups -OCH3 is 1. The molecule has 0 aliphatic carbocycles. The first-order valence-electron chi connectivity index (χ1n) is 7.96. The maximum Gasteiger partial charge on any atom is 0.246 e. The van der Waals surface area contributed by atoms with Crippen LogP contribution in [-0.4, -0.2) is 66.8 Å². The Kier molecular flexibility index (Phi) is 2.38. The molecule has 4 atom stereocenters. The largest absolute Gasteiger partial charge is 0.479 e. The summed E-state index contributed by atoms with van der Waals surface area (Å²) in [4.78, 5) is 11.4. The fourth-order valence-corrected chi connectivity index (χ4v) is 2.20. The van der Waals surface area contributed by atoms with E-state index in [0.717, 1.165) is 4.57 Å². The molecule has 0 spiro atoms. The molecule has 0 radical (unpaired) electrons. The van der Waals surface area contributed by atoms with E-state index < -0.39 is 50.4 Å². The number of aliphatic hydroxyl groups excluding tert-OH is 3. The van der Waals surface area contributed by atoms with Crippen molar-refractivity contribution in [3.05, 3.63) is 6.30 Å². The van der Waals surface area contributed by atoms with Gasteiger partial charge in [0.15, 0.2) is 17.4 Å². The minimum absolute atomic E-state index is 0. The van der Waals surface area contributed by atoms with E-state index in [1.54, 1.807) is 0 Å². The molecule has 0 bridgehead atoms. The first kappa shape index (κ1) is 9.84. The van der Waals surface area contributed by atoms with Crippen molar-refractivity contribution in [2.75, 3.05) is 19.4 Å². The van der Waals surface area contributed by atoms with Gasteiger partial charge < -0.3 is 30.5 Å². The zero-order chi connectivity index (χ0) is 18.5. The van der Waals surface area contributed by atoms with Gasteiger partial charge in [-0.25, -0.2) is 4.98 Å². The molecule has 3 heterocycles. The summed E-state index contributed by atoms with van der Waals surface area (Å²) in [5.41, 5.74) is 5.26. The Balaban J connectivity index is 0.00000243. The molecule has 2 aromatic heterocycles. The molecule has 3 rings (SSSR count). The van der Waals surface area contributed by atoms with Crippen LogP contribution in [0.2, 0.25) is 0 Å². The molecule has 10 nitrogen and oxygen atoms in total. The molecule has 10 heteroatoms. The predicted molar refractivity (Wildman–Crippen MR) is 71.4 cm³/mol. The van der Waals surface area contributed by atoms with E-state index in [9.17, 15) is 15.3 Å². The SMILES string of the molecule is [2H]c1nc2c(OC([2H])([2H])[2H])nc(N)nc2n1[C@@H]1O[C@@H](CO)C(O)C1O.[HH]. The number of nitrogens with zero attached hydrogens (tertiary/aromatic N) is 4. The zero-order valence-corrected chi connectivity index (χ0v) is 10.5. The van der Waals surface area contributed by atoms with Crippen LogP contribution in [-0.2, 0) is 4.74 Å². The van der Waals surface area contributed by atoms with Gasteiger partial charge in [-0.05, 0) is 0 Å². The van der Waals surface area contributed by atoms with E-state index >= 15 is 0 Å². The van der Waals surface area contributed by atoms with Crippen molar-refractivity contribution < 1.29 is 31.7 Å². The van der Waals surface area contributed by atoms with Crippen LogP contribution in [0, 0.1) is 0 Å². The van der Waals surface area contributed by atoms with Crippen LogP contribution in [0.1, 0.15) is 13.1 Å². The quantitative estimate of drug-likeness (QED) is 0.519. The highest BCUT2D eigenvalue weighted by atomic mass is 16.6. The van der Waals surface area contributed by atoms with Crippen molar-refractivity contribution in [3.63, 3.8) is 0 Å². The lowest BCUT2D eigenvalue weighted by atomic mass is 10.1. The van der Waals surface area contributed by atoms with Gasteiger partial charge in [-0.2, -0.15) is 9.97 Å². The van der Waals surface area contributed by atoms with Gasteiger partial charge in [-0.3, -0.25) is 4.57 Å². The summed E-state index contributed by atoms with van der Waals surface area (Å²) in [5, 5.41) is 29.2. The second-order valence-electron chi connectivity index (χ2n) is 4.47. The minimum Gasteiger partial charge on any atom is -0.479 e. The van der Waals surface area contributed by atoms with Crippen LogP contribution in [0.3, 0.4) is 0 Å². The van der Waals surface area contributed by atoms with Crippen molar-refractivity contribution in [1.82, 2.24) is 19.5 Å². The van der Waals surface area contributed by atoms with Gasteiger partial charge in [0.1, 0.15) is 19.7 Å². The molecule has 2 aromatic rings. The van der Waals surface area contributed by atoms with Crippen LogP contribution in [0.15, 0.2) is 6.30 Å². The number of hydrogen-bond donors (Lipinski definition) is 4. The highest BCUT2D eigenvalue weighted by molar-refractivity contribution is 5.77. The fourth-order valence-electron chi connectivity index (χ4n) is 2.20. The van der Waals surface area contributed by atoms with Crippen molar-refractivity contribution >= 4 is 17.1 Å². The Morgan fingerprint density at radius 1 is 1.57 bits per heavy atom. The van der Waals surface area contributed by atoms with Crippen molar-refractivity contribution in [3.8, 4) is 5.88 Å². The van der Waals surface area contributed by atoms with Crippen LogP contribution < -0.4 is 10.5 Å². The van der Waals surface area contributed by atoms with Crippen LogP contribution in [0.5, 0.6) is 5.88 Å². The summed E-state index contributed by atoms with van der Waals surface area (Å²) in [6, 6.07) is 0. The Bertz CT molecular complexity index is 802. The zero-order valence-electron chi connectivity index (χ0n) is 14.5. The van der Waals surface area contributed by atoms with Crippen LogP contribution in [0.25, 0.3) is 11.2 Å². The third-order valence-corrected chi connectivity index (χ3v) is 3.22. The van der Waals surface area contributed by atoms with Gasteiger partial charge in [0.05, 0.1) is 24.1 Å². The number of hydrogen-bond acceptors (Lipinski definition) is 9. The van der Waals surface area contributed by atoms with Crippen molar-refractivity contribution in [2.45, 2.75) is 24.5 Å². The van der Waals surface area contributed by atoms with E-state index in [-0.39, 0.29) is 18.5 Å². The van der Waals surface area contributed by atoms with Crippen LogP contribution in [0.4, 0.5) is 5.95 Å². The Labute approximate surface area is 125 Å². The Hall–Kier alpha value is -2.01. The summed E-state index contributed by atoms with van der Waals surface area (Å²) in [6.07, 6.45) is -5.71. The van der Waals surface area contributed by atoms with Crippen molar-refractivity contribution in [1.29, 1.82) is 0 Å². The second-order valence-corrected chi connectivity index (χ2v) is 4.47. The van der Waals surface area contributed by atoms with Gasteiger partial charge in [0.2, 0.25) is 11.8 Å². The maximum absolute atomic E-state index is 10.1. The van der Waals surface area contributed by atoms with Crippen molar-refractivity contribution in [2.24, 2.45) is 0 Å². The fraction of sp³-hybridized carbons (Fsp3) is 0.545. The molecule has 116 valence electrons. The number of nitrogen functional groups attached to an aromatic ring is 1. The molecule has 1 fully saturated rings. The maximum atomic E-state index is 10.1. The summed E-state index contributed by atoms with van der Waals surface area (Å²) in [6.45, 7) is -0.556. The molecule has 0 aromatic carbocycles. The number of anilines is 1. The molecular weight excluding hydrogens is 282 g/mol. The highest BCUT2D eigenvalue weighted by Gasteiger charge is 2.44. The number of imidazole rings is 1. The lowest BCUT2D eigenvalue weighted by molar-refractivity contribution is -0.0511. The predicted octanol–water partition coefficient (Wildman–Crippen LogP) is -1.73. The smallest absolute Gasteiger partial charge is 0.246 e. The third kappa shape index (κ3) is 2.08. The Morgan fingerprint density at radius 3 is 3.05 bits per heavy atom. The molecule has 1 saturated heterocycles. The summed E-state index contributed by atoms with van der Waals surface area (Å²) >= 11 is 0. The highest BCUT2D eigenvalue weighted by Crippen LogP contribution is 2.32. The molecule has 1 aliphatic heterocycles. The standard InChI is InChI=1S/C11H15N5O5.H2/c1-20-9-5-8(14-11(12)15-9)16(3-13-5)10-7(19)6(18)4(2-17)21-10;/h3-4,6-7,10,17-19H,2H2,1H3,(H2,12,14,15);1H/t4-,6?,7?,10+;/m0./s1/i1D3,3D;. The average Bonchev–Trinajstić information content (AvgIpc) is 2.95. The van der Waals surface area contributed by atoms with Gasteiger partial charge in [0, 0.05) is 1.43 Å². The molecule has 1 aliphatic rings. The first-order valence-corrected chi connectivity index (χ1v) is 5.96. The summed E-state index contributed by atoms with van der Waals surface area (Å²) in [7, 11) is -2.83. The summed E-state index contributed by atoms with van der Waals surface area (Å²) in [5.74, 6) is -0.805. The number of ether oxygens (including phenoxy) is 2. The molecule has 21 heavy (non-hydrogen) atoms. The van der Waals surface area contributed by atoms with Gasteiger partial charge in [-0.15, -0.1) is 0 Å². The van der Waals surface area contributed by atoms with Gasteiger partial charge in [0.25, 0.3) is 0 Å². The van der Waals surface area contributed by atoms with Gasteiger partial charge >= 0.3 is 0 Å².